The van der Waals surface area contributed by atoms with E-state index in [-0.39, 0.29) is 0 Å². The molecule has 0 unspecified atom stereocenters. The largest absolute Gasteiger partial charge is 0.357 e. The van der Waals surface area contributed by atoms with Crippen molar-refractivity contribution in [3.8, 4) is 0 Å². The van der Waals surface area contributed by atoms with E-state index in [9.17, 15) is 0 Å². The number of aliphatic imine (C=N–C) groups is 1. The van der Waals surface area contributed by atoms with Gasteiger partial charge in [0, 0.05) is 39.1 Å². The molecule has 1 aliphatic heterocycles. The lowest BCUT2D eigenvalue weighted by Crippen LogP contribution is -2.38. The van der Waals surface area contributed by atoms with Gasteiger partial charge in [-0.15, -0.1) is 0 Å². The quantitative estimate of drug-likeness (QED) is 0.443. The highest BCUT2D eigenvalue weighted by atomic mass is 35.5. The maximum absolute atomic E-state index is 6.07. The van der Waals surface area contributed by atoms with Gasteiger partial charge in [-0.05, 0) is 58.3 Å². The number of rotatable bonds is 8. The van der Waals surface area contributed by atoms with E-state index < -0.39 is 0 Å². The Balaban J connectivity index is 1.79. The SMILES string of the molecule is CCNC(=NCCCCN1CCCC1)N(C)Cc1cc(Cl)cn1C. The molecular weight excluding hydrogens is 322 g/mol. The summed E-state index contributed by atoms with van der Waals surface area (Å²) in [5, 5.41) is 4.17. The standard InChI is InChI=1S/C18H32ClN5/c1-4-20-18(21-9-5-6-10-24-11-7-8-12-24)23(3)15-17-13-16(19)14-22(17)2/h13-14H,4-12,15H2,1-3H3,(H,20,21). The van der Waals surface area contributed by atoms with Gasteiger partial charge in [0.1, 0.15) is 0 Å². The molecule has 6 heteroatoms. The number of likely N-dealkylation sites (tertiary alicyclic amines) is 1. The number of aromatic nitrogens is 1. The smallest absolute Gasteiger partial charge is 0.194 e. The molecule has 24 heavy (non-hydrogen) atoms. The average molecular weight is 354 g/mol. The first-order chi connectivity index (χ1) is 11.6. The summed E-state index contributed by atoms with van der Waals surface area (Å²) in [6.07, 6.45) is 7.07. The summed E-state index contributed by atoms with van der Waals surface area (Å²) < 4.78 is 2.07. The minimum atomic E-state index is 0.782. The van der Waals surface area contributed by atoms with Crippen LogP contribution in [0, 0.1) is 0 Å². The van der Waals surface area contributed by atoms with Crippen LogP contribution in [0.3, 0.4) is 0 Å². The minimum Gasteiger partial charge on any atom is -0.357 e. The van der Waals surface area contributed by atoms with Crippen LogP contribution in [0.1, 0.15) is 38.3 Å². The highest BCUT2D eigenvalue weighted by Crippen LogP contribution is 2.14. The number of guanidine groups is 1. The summed E-state index contributed by atoms with van der Waals surface area (Å²) >= 11 is 6.07. The third kappa shape index (κ3) is 6.02. The lowest BCUT2D eigenvalue weighted by Gasteiger charge is -2.22. The average Bonchev–Trinajstić information content (AvgIpc) is 3.16. The highest BCUT2D eigenvalue weighted by molar-refractivity contribution is 6.30. The zero-order valence-electron chi connectivity index (χ0n) is 15.4. The van der Waals surface area contributed by atoms with Gasteiger partial charge in [-0.3, -0.25) is 4.99 Å². The summed E-state index contributed by atoms with van der Waals surface area (Å²) in [4.78, 5) is 9.51. The number of halogens is 1. The number of nitrogens with one attached hydrogen (secondary N) is 1. The number of hydrogen-bond acceptors (Lipinski definition) is 2. The van der Waals surface area contributed by atoms with Gasteiger partial charge in [0.25, 0.3) is 0 Å². The fourth-order valence-electron chi connectivity index (χ4n) is 3.15. The van der Waals surface area contributed by atoms with E-state index in [4.69, 9.17) is 16.6 Å². The monoisotopic (exact) mass is 353 g/mol. The molecule has 0 atom stereocenters. The molecule has 2 heterocycles. The first-order valence-electron chi connectivity index (χ1n) is 9.12. The highest BCUT2D eigenvalue weighted by Gasteiger charge is 2.11. The number of unbranched alkanes of at least 4 members (excludes halogenated alkanes) is 1. The molecule has 1 N–H and O–H groups in total. The molecule has 0 bridgehead atoms. The van der Waals surface area contributed by atoms with E-state index in [1.54, 1.807) is 0 Å². The molecular formula is C18H32ClN5. The van der Waals surface area contributed by atoms with Gasteiger partial charge in [-0.25, -0.2) is 0 Å². The number of hydrogen-bond donors (Lipinski definition) is 1. The van der Waals surface area contributed by atoms with E-state index in [1.807, 2.05) is 19.3 Å². The molecule has 1 fully saturated rings. The van der Waals surface area contributed by atoms with Crippen molar-refractivity contribution in [2.24, 2.45) is 12.0 Å². The molecule has 1 saturated heterocycles. The maximum atomic E-state index is 6.07. The summed E-state index contributed by atoms with van der Waals surface area (Å²) in [7, 11) is 4.10. The number of nitrogens with zero attached hydrogens (tertiary/aromatic N) is 4. The van der Waals surface area contributed by atoms with Gasteiger partial charge in [-0.1, -0.05) is 11.6 Å². The normalized spacial score (nSPS) is 15.9. The molecule has 0 aromatic carbocycles. The molecule has 0 saturated carbocycles. The van der Waals surface area contributed by atoms with Crippen molar-refractivity contribution in [1.29, 1.82) is 0 Å². The molecule has 1 aliphatic rings. The van der Waals surface area contributed by atoms with Crippen LogP contribution in [0.25, 0.3) is 0 Å². The lowest BCUT2D eigenvalue weighted by atomic mass is 10.3. The van der Waals surface area contributed by atoms with Crippen LogP contribution in [0.5, 0.6) is 0 Å². The second-order valence-corrected chi connectivity index (χ2v) is 7.04. The maximum Gasteiger partial charge on any atom is 0.194 e. The molecule has 5 nitrogen and oxygen atoms in total. The fraction of sp³-hybridized carbons (Fsp3) is 0.722. The van der Waals surface area contributed by atoms with Gasteiger partial charge >= 0.3 is 0 Å². The Labute approximate surface area is 151 Å². The molecule has 1 aromatic rings. The van der Waals surface area contributed by atoms with Crippen molar-refractivity contribution < 1.29 is 0 Å². The van der Waals surface area contributed by atoms with E-state index in [1.165, 1.54) is 44.6 Å². The van der Waals surface area contributed by atoms with Gasteiger partial charge in [0.05, 0.1) is 11.6 Å². The van der Waals surface area contributed by atoms with Crippen molar-refractivity contribution in [3.63, 3.8) is 0 Å². The van der Waals surface area contributed by atoms with Crippen LogP contribution in [0.15, 0.2) is 17.3 Å². The molecule has 2 rings (SSSR count). The van der Waals surface area contributed by atoms with Crippen molar-refractivity contribution in [2.45, 2.75) is 39.2 Å². The summed E-state index contributed by atoms with van der Waals surface area (Å²) in [5.41, 5.74) is 1.18. The molecule has 0 aliphatic carbocycles. The van der Waals surface area contributed by atoms with Crippen LogP contribution in [0.2, 0.25) is 5.02 Å². The van der Waals surface area contributed by atoms with Crippen molar-refractivity contribution in [3.05, 3.63) is 23.0 Å². The van der Waals surface area contributed by atoms with Crippen LogP contribution >= 0.6 is 11.6 Å². The van der Waals surface area contributed by atoms with Crippen LogP contribution in [-0.4, -0.2) is 60.1 Å². The zero-order valence-corrected chi connectivity index (χ0v) is 16.1. The summed E-state index contributed by atoms with van der Waals surface area (Å²) in [5.74, 6) is 0.969. The Morgan fingerprint density at radius 2 is 2.08 bits per heavy atom. The Bertz CT molecular complexity index is 519. The molecule has 0 radical (unpaired) electrons. The predicted molar refractivity (Wildman–Crippen MR) is 103 cm³/mol. The van der Waals surface area contributed by atoms with Gasteiger partial charge in [0.15, 0.2) is 5.96 Å². The Morgan fingerprint density at radius 1 is 1.33 bits per heavy atom. The summed E-state index contributed by atoms with van der Waals surface area (Å²) in [6, 6.07) is 2.01. The Morgan fingerprint density at radius 3 is 2.71 bits per heavy atom. The molecule has 1 aromatic heterocycles. The molecule has 136 valence electrons. The zero-order chi connectivity index (χ0) is 17.4. The first kappa shape index (κ1) is 19.1. The van der Waals surface area contributed by atoms with Crippen molar-refractivity contribution >= 4 is 17.6 Å². The van der Waals surface area contributed by atoms with Crippen LogP contribution < -0.4 is 5.32 Å². The van der Waals surface area contributed by atoms with E-state index in [0.717, 1.165) is 37.0 Å². The minimum absolute atomic E-state index is 0.782. The van der Waals surface area contributed by atoms with Gasteiger partial charge in [0.2, 0.25) is 0 Å². The van der Waals surface area contributed by atoms with E-state index in [0.29, 0.717) is 0 Å². The van der Waals surface area contributed by atoms with Gasteiger partial charge < -0.3 is 19.7 Å². The molecule has 0 amide bonds. The second kappa shape index (κ2) is 9.94. The van der Waals surface area contributed by atoms with Crippen molar-refractivity contribution in [1.82, 2.24) is 19.7 Å². The lowest BCUT2D eigenvalue weighted by molar-refractivity contribution is 0.331. The third-order valence-electron chi connectivity index (χ3n) is 4.51. The fourth-order valence-corrected chi connectivity index (χ4v) is 3.42. The molecule has 0 spiro atoms. The topological polar surface area (TPSA) is 35.8 Å². The van der Waals surface area contributed by atoms with Crippen LogP contribution in [-0.2, 0) is 13.6 Å². The summed E-state index contributed by atoms with van der Waals surface area (Å²) in [6.45, 7) is 8.46. The van der Waals surface area contributed by atoms with E-state index >= 15 is 0 Å². The predicted octanol–water partition coefficient (Wildman–Crippen LogP) is 2.95. The second-order valence-electron chi connectivity index (χ2n) is 6.61. The van der Waals surface area contributed by atoms with Gasteiger partial charge in [-0.2, -0.15) is 0 Å². The number of aryl methyl sites for hydroxylation is 1. The Hall–Kier alpha value is -1.20. The first-order valence-corrected chi connectivity index (χ1v) is 9.50. The van der Waals surface area contributed by atoms with Crippen LogP contribution in [0.4, 0.5) is 0 Å². The van der Waals surface area contributed by atoms with Crippen molar-refractivity contribution in [2.75, 3.05) is 39.8 Å². The van der Waals surface area contributed by atoms with E-state index in [2.05, 4.69) is 33.7 Å². The Kier molecular flexibility index (Phi) is 7.92. The third-order valence-corrected chi connectivity index (χ3v) is 4.72.